The van der Waals surface area contributed by atoms with Gasteiger partial charge in [-0.1, -0.05) is 50.4 Å². The number of hydroxylamine groups is 3. The van der Waals surface area contributed by atoms with Crippen LogP contribution in [0.5, 0.6) is 0 Å². The van der Waals surface area contributed by atoms with Gasteiger partial charge >= 0.3 is 0 Å². The van der Waals surface area contributed by atoms with E-state index in [9.17, 15) is 5.21 Å². The fourth-order valence-corrected chi connectivity index (χ4v) is 1.45. The Morgan fingerprint density at radius 1 is 0.857 bits per heavy atom. The van der Waals surface area contributed by atoms with E-state index in [0.29, 0.717) is 6.42 Å². The first kappa shape index (κ1) is 13.8. The van der Waals surface area contributed by atoms with Crippen molar-refractivity contribution in [1.82, 2.24) is 0 Å². The summed E-state index contributed by atoms with van der Waals surface area (Å²) < 4.78 is 0. The molecule has 0 spiro atoms. The van der Waals surface area contributed by atoms with Gasteiger partial charge in [0, 0.05) is 6.42 Å². The van der Waals surface area contributed by atoms with E-state index < -0.39 is 4.97 Å². The van der Waals surface area contributed by atoms with Gasteiger partial charge in [-0.3, -0.25) is 0 Å². The van der Waals surface area contributed by atoms with Crippen LogP contribution in [0.4, 0.5) is 0 Å². The molecule has 0 atom stereocenters. The molecule has 0 aliphatic rings. The van der Waals surface area contributed by atoms with Crippen molar-refractivity contribution in [3.05, 3.63) is 5.21 Å². The van der Waals surface area contributed by atoms with E-state index >= 15 is 0 Å². The van der Waals surface area contributed by atoms with Crippen molar-refractivity contribution in [2.24, 2.45) is 0 Å². The Kier molecular flexibility index (Phi) is 8.08. The number of hydrogen-bond acceptors (Lipinski definition) is 3. The molecule has 4 nitrogen and oxygen atoms in total. The number of nitrogens with zero attached hydrogens (tertiary/aromatic N) is 1. The van der Waals surface area contributed by atoms with Crippen molar-refractivity contribution in [2.75, 3.05) is 6.54 Å². The normalized spacial score (nSPS) is 12.0. The molecule has 0 saturated carbocycles. The molecule has 0 fully saturated rings. The minimum Gasteiger partial charge on any atom is -0.564 e. The van der Waals surface area contributed by atoms with Crippen molar-refractivity contribution in [2.45, 2.75) is 58.3 Å². The molecule has 0 aromatic rings. The summed E-state index contributed by atoms with van der Waals surface area (Å²) in [6.45, 7) is 2.07. The number of rotatable bonds is 9. The second-order valence-electron chi connectivity index (χ2n) is 3.86. The molecule has 0 rings (SSSR count). The van der Waals surface area contributed by atoms with Gasteiger partial charge in [0.05, 0.1) is 0 Å². The maximum atomic E-state index is 10.3. The maximum absolute atomic E-state index is 10.3. The molecule has 0 radical (unpaired) electrons. The molecule has 0 amide bonds. The summed E-state index contributed by atoms with van der Waals surface area (Å²) in [6, 6.07) is 0. The second kappa shape index (κ2) is 8.17. The zero-order chi connectivity index (χ0) is 10.9. The fraction of sp³-hybridized carbons (Fsp3) is 1.00. The second-order valence-corrected chi connectivity index (χ2v) is 3.86. The zero-order valence-electron chi connectivity index (χ0n) is 9.11. The van der Waals surface area contributed by atoms with Crippen molar-refractivity contribution in [3.8, 4) is 0 Å². The Labute approximate surface area is 86.2 Å². The minimum absolute atomic E-state index is 0.116. The molecule has 0 bridgehead atoms. The fourth-order valence-electron chi connectivity index (χ4n) is 1.45. The Morgan fingerprint density at radius 2 is 1.29 bits per heavy atom. The topological polar surface area (TPSA) is 63.5 Å². The monoisotopic (exact) mass is 205 g/mol. The van der Waals surface area contributed by atoms with E-state index in [1.807, 2.05) is 0 Å². The quantitative estimate of drug-likeness (QED) is 0.345. The first-order valence-corrected chi connectivity index (χ1v) is 5.61. The third-order valence-electron chi connectivity index (χ3n) is 2.30. The van der Waals surface area contributed by atoms with Gasteiger partial charge < -0.3 is 5.21 Å². The first-order chi connectivity index (χ1) is 6.56. The van der Waals surface area contributed by atoms with E-state index in [1.165, 1.54) is 32.1 Å². The molecular formula is C10H23NO3. The molecule has 0 unspecified atom stereocenters. The number of quaternary nitrogens is 1. The highest BCUT2D eigenvalue weighted by Crippen LogP contribution is 2.09. The van der Waals surface area contributed by atoms with Crippen molar-refractivity contribution in [3.63, 3.8) is 0 Å². The van der Waals surface area contributed by atoms with Gasteiger partial charge in [0.2, 0.25) is 0 Å². The van der Waals surface area contributed by atoms with Gasteiger partial charge in [-0.15, -0.1) is 0 Å². The van der Waals surface area contributed by atoms with Crippen LogP contribution in [0.1, 0.15) is 58.3 Å². The molecule has 0 aromatic heterocycles. The van der Waals surface area contributed by atoms with Crippen molar-refractivity contribution in [1.29, 1.82) is 0 Å². The van der Waals surface area contributed by atoms with E-state index in [-0.39, 0.29) is 6.54 Å². The van der Waals surface area contributed by atoms with Crippen molar-refractivity contribution < 1.29 is 15.4 Å². The van der Waals surface area contributed by atoms with Crippen LogP contribution in [0.3, 0.4) is 0 Å². The predicted molar refractivity (Wildman–Crippen MR) is 54.7 cm³/mol. The van der Waals surface area contributed by atoms with Gasteiger partial charge in [0.1, 0.15) is 6.54 Å². The standard InChI is InChI=1S/C10H23NO3/c1-2-3-4-5-6-7-8-9-10-11(12,13)14/h12-13H,2-10H2,1H3. The average Bonchev–Trinajstić information content (AvgIpc) is 2.08. The van der Waals surface area contributed by atoms with Gasteiger partial charge in [0.25, 0.3) is 0 Å². The molecule has 14 heavy (non-hydrogen) atoms. The third-order valence-corrected chi connectivity index (χ3v) is 2.30. The SMILES string of the molecule is CCCCCCCCCC[N+]([O-])(O)O. The van der Waals surface area contributed by atoms with E-state index in [4.69, 9.17) is 10.4 Å². The first-order valence-electron chi connectivity index (χ1n) is 5.61. The Morgan fingerprint density at radius 3 is 1.71 bits per heavy atom. The van der Waals surface area contributed by atoms with Crippen LogP contribution in [-0.2, 0) is 0 Å². The summed E-state index contributed by atoms with van der Waals surface area (Å²) in [5.41, 5.74) is 0. The average molecular weight is 205 g/mol. The Balaban J connectivity index is 2.99. The highest BCUT2D eigenvalue weighted by atomic mass is 17.1. The van der Waals surface area contributed by atoms with Gasteiger partial charge in [-0.25, -0.2) is 0 Å². The molecule has 4 heteroatoms. The summed E-state index contributed by atoms with van der Waals surface area (Å²) in [7, 11) is 0. The minimum atomic E-state index is -2.13. The lowest BCUT2D eigenvalue weighted by atomic mass is 10.1. The number of hydrogen-bond donors (Lipinski definition) is 2. The largest absolute Gasteiger partial charge is 0.564 e. The smallest absolute Gasteiger partial charge is 0.142 e. The molecule has 2 N–H and O–H groups in total. The molecule has 0 heterocycles. The lowest BCUT2D eigenvalue weighted by Crippen LogP contribution is -2.34. The van der Waals surface area contributed by atoms with E-state index in [0.717, 1.165) is 12.8 Å². The molecule has 0 aromatic carbocycles. The van der Waals surface area contributed by atoms with Crippen molar-refractivity contribution >= 4 is 0 Å². The van der Waals surface area contributed by atoms with Crippen LogP contribution >= 0.6 is 0 Å². The Hall–Kier alpha value is -0.160. The summed E-state index contributed by atoms with van der Waals surface area (Å²) in [6.07, 6.45) is 8.87. The van der Waals surface area contributed by atoms with E-state index in [1.54, 1.807) is 0 Å². The third kappa shape index (κ3) is 11.8. The zero-order valence-corrected chi connectivity index (χ0v) is 9.11. The summed E-state index contributed by atoms with van der Waals surface area (Å²) in [4.78, 5) is -2.13. The van der Waals surface area contributed by atoms with Crippen LogP contribution in [0.25, 0.3) is 0 Å². The summed E-state index contributed by atoms with van der Waals surface area (Å²) in [5.74, 6) is 0. The summed E-state index contributed by atoms with van der Waals surface area (Å²) >= 11 is 0. The van der Waals surface area contributed by atoms with Gasteiger partial charge in [-0.2, -0.15) is 10.4 Å². The highest BCUT2D eigenvalue weighted by molar-refractivity contribution is 4.45. The predicted octanol–water partition coefficient (Wildman–Crippen LogP) is 3.22. The molecule has 0 aliphatic carbocycles. The lowest BCUT2D eigenvalue weighted by molar-refractivity contribution is -1.21. The molecule has 0 aliphatic heterocycles. The van der Waals surface area contributed by atoms with Crippen LogP contribution in [0.15, 0.2) is 0 Å². The lowest BCUT2D eigenvalue weighted by Gasteiger charge is -2.23. The molecule has 0 saturated heterocycles. The summed E-state index contributed by atoms with van der Waals surface area (Å²) in [5, 5.41) is 27.2. The van der Waals surface area contributed by atoms with Crippen LogP contribution in [0.2, 0.25) is 0 Å². The van der Waals surface area contributed by atoms with Gasteiger partial charge in [0.15, 0.2) is 0 Å². The maximum Gasteiger partial charge on any atom is 0.142 e. The van der Waals surface area contributed by atoms with Crippen LogP contribution in [0, 0.1) is 5.21 Å². The molecule has 86 valence electrons. The van der Waals surface area contributed by atoms with Crippen LogP contribution < -0.4 is 0 Å². The van der Waals surface area contributed by atoms with Gasteiger partial charge in [-0.05, 0) is 6.42 Å². The Bertz CT molecular complexity index is 123. The molecular weight excluding hydrogens is 182 g/mol. The highest BCUT2D eigenvalue weighted by Gasteiger charge is 2.06. The van der Waals surface area contributed by atoms with E-state index in [2.05, 4.69) is 6.92 Å². The van der Waals surface area contributed by atoms with Crippen LogP contribution in [-0.4, -0.2) is 21.9 Å². The number of unbranched alkanes of at least 4 members (excludes halogenated alkanes) is 7.